The number of hydrogen-bond donors (Lipinski definition) is 0. The average Bonchev–Trinajstić information content (AvgIpc) is 2.96. The maximum Gasteiger partial charge on any atom is 0.305 e. The number of hydrogen-bond acceptors (Lipinski definition) is 3. The number of allylic oxidation sites excluding steroid dienone is 2. The van der Waals surface area contributed by atoms with Crippen LogP contribution in [-0.2, 0) is 14.0 Å². The first-order valence-corrected chi connectivity index (χ1v) is 12.1. The number of rotatable bonds is 6. The molecule has 0 aromatic rings. The van der Waals surface area contributed by atoms with E-state index in [9.17, 15) is 4.79 Å². The summed E-state index contributed by atoms with van der Waals surface area (Å²) in [5, 5.41) is 0.201. The van der Waals surface area contributed by atoms with E-state index in [1.165, 1.54) is 18.6 Å². The zero-order valence-corrected chi connectivity index (χ0v) is 16.8. The second-order valence-corrected chi connectivity index (χ2v) is 13.4. The van der Waals surface area contributed by atoms with Crippen LogP contribution < -0.4 is 0 Å². The van der Waals surface area contributed by atoms with Crippen LogP contribution in [-0.4, -0.2) is 20.9 Å². The summed E-state index contributed by atoms with van der Waals surface area (Å²) in [5.74, 6) is 1.80. The summed E-state index contributed by atoms with van der Waals surface area (Å²) in [4.78, 5) is 11.9. The summed E-state index contributed by atoms with van der Waals surface area (Å²) in [6.45, 7) is 13.8. The highest BCUT2D eigenvalue weighted by Crippen LogP contribution is 2.58. The Balaban J connectivity index is 2.14. The molecule has 1 saturated carbocycles. The molecule has 0 aliphatic heterocycles. The molecule has 0 bridgehead atoms. The van der Waals surface area contributed by atoms with E-state index in [1.807, 2.05) is 6.92 Å². The molecule has 23 heavy (non-hydrogen) atoms. The summed E-state index contributed by atoms with van der Waals surface area (Å²) in [5.41, 5.74) is 0.0995. The molecule has 0 spiro atoms. The lowest BCUT2D eigenvalue weighted by Crippen LogP contribution is -2.42. The SMILES string of the molecule is CCOC(=O)CC[C@]12CCC[C@H]1CC=C2O[Si](C)(C)C(C)(C)C. The van der Waals surface area contributed by atoms with Gasteiger partial charge in [0.1, 0.15) is 0 Å². The molecule has 2 atom stereocenters. The number of carbonyl (C=O) groups is 1. The lowest BCUT2D eigenvalue weighted by molar-refractivity contribution is -0.143. The molecule has 132 valence electrons. The van der Waals surface area contributed by atoms with Crippen LogP contribution >= 0.6 is 0 Å². The van der Waals surface area contributed by atoms with Crippen molar-refractivity contribution < 1.29 is 14.0 Å². The Morgan fingerprint density at radius 2 is 2.09 bits per heavy atom. The van der Waals surface area contributed by atoms with E-state index in [1.54, 1.807) is 0 Å². The number of esters is 1. The lowest BCUT2D eigenvalue weighted by atomic mass is 9.76. The molecule has 0 aromatic heterocycles. The van der Waals surface area contributed by atoms with Gasteiger partial charge in [-0.2, -0.15) is 0 Å². The third-order valence-electron chi connectivity index (χ3n) is 6.29. The van der Waals surface area contributed by atoms with Gasteiger partial charge in [-0.15, -0.1) is 0 Å². The van der Waals surface area contributed by atoms with Gasteiger partial charge in [0.2, 0.25) is 8.32 Å². The van der Waals surface area contributed by atoms with Gasteiger partial charge in [-0.25, -0.2) is 0 Å². The predicted molar refractivity (Wildman–Crippen MR) is 96.6 cm³/mol. The molecule has 2 rings (SSSR count). The Morgan fingerprint density at radius 1 is 1.39 bits per heavy atom. The minimum Gasteiger partial charge on any atom is -0.546 e. The van der Waals surface area contributed by atoms with Crippen LogP contribution in [0.25, 0.3) is 0 Å². The molecule has 0 amide bonds. The Kier molecular flexibility index (Phi) is 5.34. The smallest absolute Gasteiger partial charge is 0.305 e. The molecular weight excluding hydrogens is 304 g/mol. The van der Waals surface area contributed by atoms with Gasteiger partial charge in [-0.05, 0) is 62.7 Å². The monoisotopic (exact) mass is 338 g/mol. The Bertz CT molecular complexity index is 475. The summed E-state index contributed by atoms with van der Waals surface area (Å²) < 4.78 is 11.9. The molecule has 0 unspecified atom stereocenters. The lowest BCUT2D eigenvalue weighted by Gasteiger charge is -2.42. The first kappa shape index (κ1) is 18.6. The molecule has 0 N–H and O–H groups in total. The zero-order chi connectivity index (χ0) is 17.3. The van der Waals surface area contributed by atoms with Gasteiger partial charge in [-0.1, -0.05) is 27.2 Å². The minimum absolute atomic E-state index is 0.0638. The molecule has 0 heterocycles. The van der Waals surface area contributed by atoms with Crippen LogP contribution in [0, 0.1) is 11.3 Å². The van der Waals surface area contributed by atoms with E-state index in [-0.39, 0.29) is 16.4 Å². The molecule has 2 aliphatic carbocycles. The summed E-state index contributed by atoms with van der Waals surface area (Å²) >= 11 is 0. The Morgan fingerprint density at radius 3 is 2.70 bits per heavy atom. The van der Waals surface area contributed by atoms with Crippen LogP contribution in [0.3, 0.4) is 0 Å². The van der Waals surface area contributed by atoms with E-state index < -0.39 is 8.32 Å². The van der Waals surface area contributed by atoms with Crippen molar-refractivity contribution >= 4 is 14.3 Å². The third-order valence-corrected chi connectivity index (χ3v) is 10.6. The van der Waals surface area contributed by atoms with Crippen molar-refractivity contribution in [3.8, 4) is 0 Å². The molecule has 1 fully saturated rings. The molecule has 0 aromatic carbocycles. The normalized spacial score (nSPS) is 27.6. The zero-order valence-electron chi connectivity index (χ0n) is 15.8. The van der Waals surface area contributed by atoms with Gasteiger partial charge >= 0.3 is 5.97 Å². The van der Waals surface area contributed by atoms with Gasteiger partial charge in [0, 0.05) is 11.8 Å². The van der Waals surface area contributed by atoms with Crippen molar-refractivity contribution in [3.63, 3.8) is 0 Å². The van der Waals surface area contributed by atoms with Gasteiger partial charge < -0.3 is 9.16 Å². The molecule has 0 saturated heterocycles. The summed E-state index contributed by atoms with van der Waals surface area (Å²) in [7, 11) is -1.83. The number of fused-ring (bicyclic) bond motifs is 1. The van der Waals surface area contributed by atoms with Crippen molar-refractivity contribution in [1.82, 2.24) is 0 Å². The van der Waals surface area contributed by atoms with E-state index in [2.05, 4.69) is 39.9 Å². The number of carbonyl (C=O) groups excluding carboxylic acids is 1. The molecule has 4 heteroatoms. The second kappa shape index (κ2) is 6.62. The highest BCUT2D eigenvalue weighted by Gasteiger charge is 2.52. The standard InChI is InChI=1S/C19H34O3Si/c1-7-21-17(20)12-14-19-13-8-9-15(19)10-11-16(19)22-23(5,6)18(2,3)4/h11,15H,7-10,12-14H2,1-6H3/t15-,19+/m0/s1. The average molecular weight is 339 g/mol. The van der Waals surface area contributed by atoms with Crippen LogP contribution in [0.1, 0.15) is 66.2 Å². The van der Waals surface area contributed by atoms with Crippen molar-refractivity contribution in [3.05, 3.63) is 11.8 Å². The molecule has 0 radical (unpaired) electrons. The van der Waals surface area contributed by atoms with Crippen LogP contribution in [0.2, 0.25) is 18.1 Å². The van der Waals surface area contributed by atoms with Gasteiger partial charge in [0.15, 0.2) is 0 Å². The molecular formula is C19H34O3Si. The van der Waals surface area contributed by atoms with E-state index >= 15 is 0 Å². The predicted octanol–water partition coefficient (Wildman–Crippen LogP) is 5.43. The Hall–Kier alpha value is -0.773. The first-order chi connectivity index (χ1) is 10.6. The van der Waals surface area contributed by atoms with Crippen molar-refractivity contribution in [2.24, 2.45) is 11.3 Å². The van der Waals surface area contributed by atoms with Crippen molar-refractivity contribution in [2.75, 3.05) is 6.61 Å². The third kappa shape index (κ3) is 3.67. The molecule has 3 nitrogen and oxygen atoms in total. The summed E-state index contributed by atoms with van der Waals surface area (Å²) in [6, 6.07) is 0. The molecule has 2 aliphatic rings. The quantitative estimate of drug-likeness (QED) is 0.479. The van der Waals surface area contributed by atoms with Crippen LogP contribution in [0.5, 0.6) is 0 Å². The van der Waals surface area contributed by atoms with Gasteiger partial charge in [0.05, 0.1) is 12.4 Å². The van der Waals surface area contributed by atoms with Gasteiger partial charge in [-0.3, -0.25) is 4.79 Å². The Labute approximate surface area is 142 Å². The highest BCUT2D eigenvalue weighted by atomic mass is 28.4. The second-order valence-electron chi connectivity index (χ2n) is 8.72. The van der Waals surface area contributed by atoms with Crippen molar-refractivity contribution in [2.45, 2.75) is 84.4 Å². The summed E-state index contributed by atoms with van der Waals surface area (Å²) in [6.07, 6.45) is 8.54. The fourth-order valence-electron chi connectivity index (χ4n) is 3.85. The first-order valence-electron chi connectivity index (χ1n) is 9.18. The highest BCUT2D eigenvalue weighted by molar-refractivity contribution is 6.74. The fraction of sp³-hybridized carbons (Fsp3) is 0.842. The van der Waals surface area contributed by atoms with Crippen LogP contribution in [0.4, 0.5) is 0 Å². The maximum absolute atomic E-state index is 11.9. The van der Waals surface area contributed by atoms with E-state index in [4.69, 9.17) is 9.16 Å². The van der Waals surface area contributed by atoms with Crippen molar-refractivity contribution in [1.29, 1.82) is 0 Å². The minimum atomic E-state index is -1.83. The topological polar surface area (TPSA) is 35.5 Å². The maximum atomic E-state index is 11.9. The number of ether oxygens (including phenoxy) is 1. The fourth-order valence-corrected chi connectivity index (χ4v) is 4.99. The largest absolute Gasteiger partial charge is 0.546 e. The van der Waals surface area contributed by atoms with Gasteiger partial charge in [0.25, 0.3) is 0 Å². The van der Waals surface area contributed by atoms with E-state index in [0.29, 0.717) is 18.9 Å². The van der Waals surface area contributed by atoms with E-state index in [0.717, 1.165) is 19.3 Å². The van der Waals surface area contributed by atoms with Crippen LogP contribution in [0.15, 0.2) is 11.8 Å².